The van der Waals surface area contributed by atoms with Crippen LogP contribution in [0.5, 0.6) is 0 Å². The molecule has 2 aliphatic carbocycles. The van der Waals surface area contributed by atoms with Crippen LogP contribution in [0, 0.1) is 17.8 Å². The number of para-hydroxylation sites is 2. The number of hydrogen-bond donors (Lipinski definition) is 1. The molecule has 1 aromatic carbocycles. The summed E-state index contributed by atoms with van der Waals surface area (Å²) in [6, 6.07) is 7.59. The summed E-state index contributed by atoms with van der Waals surface area (Å²) in [6.45, 7) is 2.16. The van der Waals surface area contributed by atoms with E-state index in [2.05, 4.69) is 17.2 Å². The Morgan fingerprint density at radius 3 is 2.92 bits per heavy atom. The van der Waals surface area contributed by atoms with E-state index in [0.717, 1.165) is 17.4 Å². The molecular formula is C19H23N3O2. The molecule has 0 radical (unpaired) electrons. The Hall–Kier alpha value is -2.17. The first-order chi connectivity index (χ1) is 11.6. The van der Waals surface area contributed by atoms with Gasteiger partial charge in [-0.3, -0.25) is 14.2 Å². The average molecular weight is 325 g/mol. The predicted molar refractivity (Wildman–Crippen MR) is 92.5 cm³/mol. The lowest BCUT2D eigenvalue weighted by molar-refractivity contribution is -0.122. The van der Waals surface area contributed by atoms with Crippen molar-refractivity contribution in [3.8, 4) is 0 Å². The molecule has 2 fully saturated rings. The number of carbonyl (C=O) groups excluding carboxylic acids is 1. The third-order valence-corrected chi connectivity index (χ3v) is 5.88. The topological polar surface area (TPSA) is 64.0 Å². The average Bonchev–Trinajstić information content (AvgIpc) is 3.20. The molecule has 4 atom stereocenters. The molecule has 0 unspecified atom stereocenters. The Morgan fingerprint density at radius 2 is 2.17 bits per heavy atom. The third-order valence-electron chi connectivity index (χ3n) is 5.88. The summed E-state index contributed by atoms with van der Waals surface area (Å²) in [5.74, 6) is 2.14. The SMILES string of the molecule is C[C@@H](NC(=O)Cn1c(=O)cnc2ccccc21)[C@H]1C[C@H]2CC[C@H]1C2. The summed E-state index contributed by atoms with van der Waals surface area (Å²) >= 11 is 0. The fourth-order valence-electron chi connectivity index (χ4n) is 4.73. The fraction of sp³-hybridized carbons (Fsp3) is 0.526. The number of amides is 1. The van der Waals surface area contributed by atoms with Crippen molar-refractivity contribution < 1.29 is 4.79 Å². The van der Waals surface area contributed by atoms with Crippen LogP contribution in [0.1, 0.15) is 32.6 Å². The lowest BCUT2D eigenvalue weighted by atomic mass is 9.84. The highest BCUT2D eigenvalue weighted by Crippen LogP contribution is 2.49. The zero-order valence-corrected chi connectivity index (χ0v) is 13.9. The van der Waals surface area contributed by atoms with E-state index in [-0.39, 0.29) is 24.1 Å². The molecular weight excluding hydrogens is 302 g/mol. The molecule has 2 aliphatic rings. The van der Waals surface area contributed by atoms with E-state index >= 15 is 0 Å². The van der Waals surface area contributed by atoms with Crippen LogP contribution in [-0.4, -0.2) is 21.5 Å². The van der Waals surface area contributed by atoms with Crippen LogP contribution in [-0.2, 0) is 11.3 Å². The minimum Gasteiger partial charge on any atom is -0.352 e. The van der Waals surface area contributed by atoms with Crippen LogP contribution >= 0.6 is 0 Å². The Bertz CT molecular complexity index is 829. The van der Waals surface area contributed by atoms with Crippen molar-refractivity contribution >= 4 is 16.9 Å². The second-order valence-corrected chi connectivity index (χ2v) is 7.37. The number of benzene rings is 1. The molecule has 0 saturated heterocycles. The first kappa shape index (κ1) is 15.4. The summed E-state index contributed by atoms with van der Waals surface area (Å²) in [4.78, 5) is 28.8. The quantitative estimate of drug-likeness (QED) is 0.938. The highest BCUT2D eigenvalue weighted by atomic mass is 16.2. The monoisotopic (exact) mass is 325 g/mol. The van der Waals surface area contributed by atoms with E-state index in [1.165, 1.54) is 36.4 Å². The standard InChI is InChI=1S/C19H23N3O2/c1-12(15-9-13-6-7-14(15)8-13)21-18(23)11-22-17-5-3-2-4-16(17)20-10-19(22)24/h2-5,10,12-15H,6-9,11H2,1H3,(H,21,23)/t12-,13+,14+,15-/m1/s1. The minimum absolute atomic E-state index is 0.0486. The number of nitrogens with zero attached hydrogens (tertiary/aromatic N) is 2. The van der Waals surface area contributed by atoms with Gasteiger partial charge in [-0.05, 0) is 56.1 Å². The summed E-state index contributed by atoms with van der Waals surface area (Å²) in [5, 5.41) is 3.13. The van der Waals surface area contributed by atoms with Crippen LogP contribution in [0.4, 0.5) is 0 Å². The van der Waals surface area contributed by atoms with Crippen molar-refractivity contribution in [3.05, 3.63) is 40.8 Å². The van der Waals surface area contributed by atoms with Gasteiger partial charge in [0.05, 0.1) is 17.2 Å². The number of aromatic nitrogens is 2. The smallest absolute Gasteiger partial charge is 0.269 e. The first-order valence-electron chi connectivity index (χ1n) is 8.86. The van der Waals surface area contributed by atoms with E-state index in [1.807, 2.05) is 24.3 Å². The molecule has 1 aromatic heterocycles. The molecule has 0 aliphatic heterocycles. The van der Waals surface area contributed by atoms with E-state index < -0.39 is 0 Å². The summed E-state index contributed by atoms with van der Waals surface area (Å²) in [7, 11) is 0. The van der Waals surface area contributed by atoms with Crippen LogP contribution in [0.25, 0.3) is 11.0 Å². The first-order valence-corrected chi connectivity index (χ1v) is 8.86. The van der Waals surface area contributed by atoms with Gasteiger partial charge in [-0.15, -0.1) is 0 Å². The highest BCUT2D eigenvalue weighted by Gasteiger charge is 2.42. The van der Waals surface area contributed by atoms with E-state index in [9.17, 15) is 9.59 Å². The molecule has 126 valence electrons. The van der Waals surface area contributed by atoms with Crippen LogP contribution in [0.15, 0.2) is 35.3 Å². The maximum absolute atomic E-state index is 12.5. The van der Waals surface area contributed by atoms with Crippen molar-refractivity contribution in [1.29, 1.82) is 0 Å². The lowest BCUT2D eigenvalue weighted by Gasteiger charge is -2.28. The zero-order valence-electron chi connectivity index (χ0n) is 13.9. The summed E-state index contributed by atoms with van der Waals surface area (Å²) in [6.07, 6.45) is 6.53. The summed E-state index contributed by atoms with van der Waals surface area (Å²) < 4.78 is 1.51. The molecule has 2 aromatic rings. The van der Waals surface area contributed by atoms with Crippen LogP contribution < -0.4 is 10.9 Å². The van der Waals surface area contributed by atoms with Gasteiger partial charge in [0.25, 0.3) is 5.56 Å². The number of nitrogens with one attached hydrogen (secondary N) is 1. The number of hydrogen-bond acceptors (Lipinski definition) is 3. The van der Waals surface area contributed by atoms with Gasteiger partial charge < -0.3 is 5.32 Å². The fourth-order valence-corrected chi connectivity index (χ4v) is 4.73. The molecule has 1 heterocycles. The molecule has 5 heteroatoms. The van der Waals surface area contributed by atoms with Gasteiger partial charge in [0.2, 0.25) is 5.91 Å². The molecule has 1 N–H and O–H groups in total. The van der Waals surface area contributed by atoms with Crippen molar-refractivity contribution in [2.75, 3.05) is 0 Å². The Balaban J connectivity index is 1.48. The molecule has 1 amide bonds. The predicted octanol–water partition coefficient (Wildman–Crippen LogP) is 2.34. The van der Waals surface area contributed by atoms with Crippen LogP contribution in [0.2, 0.25) is 0 Å². The van der Waals surface area contributed by atoms with E-state index in [1.54, 1.807) is 0 Å². The van der Waals surface area contributed by atoms with Gasteiger partial charge in [-0.1, -0.05) is 18.6 Å². The third kappa shape index (κ3) is 2.72. The van der Waals surface area contributed by atoms with Crippen molar-refractivity contribution in [3.63, 3.8) is 0 Å². The van der Waals surface area contributed by atoms with Crippen LogP contribution in [0.3, 0.4) is 0 Å². The normalized spacial score (nSPS) is 26.6. The molecule has 4 rings (SSSR count). The van der Waals surface area contributed by atoms with E-state index in [4.69, 9.17) is 0 Å². The number of rotatable bonds is 4. The summed E-state index contributed by atoms with van der Waals surface area (Å²) in [5.41, 5.74) is 1.19. The Kier molecular flexibility index (Phi) is 3.87. The van der Waals surface area contributed by atoms with Gasteiger partial charge >= 0.3 is 0 Å². The Morgan fingerprint density at radius 1 is 1.33 bits per heavy atom. The molecule has 5 nitrogen and oxygen atoms in total. The number of carbonyl (C=O) groups is 1. The van der Waals surface area contributed by atoms with Gasteiger partial charge in [0.15, 0.2) is 0 Å². The highest BCUT2D eigenvalue weighted by molar-refractivity contribution is 5.80. The molecule has 2 bridgehead atoms. The Labute approximate surface area is 141 Å². The van der Waals surface area contributed by atoms with Gasteiger partial charge in [-0.25, -0.2) is 4.98 Å². The second kappa shape index (κ2) is 6.04. The van der Waals surface area contributed by atoms with E-state index in [0.29, 0.717) is 11.4 Å². The molecule has 2 saturated carbocycles. The van der Waals surface area contributed by atoms with Crippen molar-refractivity contribution in [2.24, 2.45) is 17.8 Å². The maximum atomic E-state index is 12.5. The lowest BCUT2D eigenvalue weighted by Crippen LogP contribution is -2.42. The largest absolute Gasteiger partial charge is 0.352 e. The second-order valence-electron chi connectivity index (χ2n) is 7.37. The molecule has 24 heavy (non-hydrogen) atoms. The van der Waals surface area contributed by atoms with Gasteiger partial charge in [0, 0.05) is 6.04 Å². The molecule has 0 spiro atoms. The van der Waals surface area contributed by atoms with Gasteiger partial charge in [-0.2, -0.15) is 0 Å². The van der Waals surface area contributed by atoms with Crippen molar-refractivity contribution in [2.45, 2.75) is 45.2 Å². The van der Waals surface area contributed by atoms with Crippen molar-refractivity contribution in [1.82, 2.24) is 14.9 Å². The number of fused-ring (bicyclic) bond motifs is 3. The maximum Gasteiger partial charge on any atom is 0.269 e. The zero-order chi connectivity index (χ0) is 16.7. The van der Waals surface area contributed by atoms with Gasteiger partial charge in [0.1, 0.15) is 6.54 Å². The minimum atomic E-state index is -0.239.